The summed E-state index contributed by atoms with van der Waals surface area (Å²) in [5.41, 5.74) is -0.376. The predicted octanol–water partition coefficient (Wildman–Crippen LogP) is 5.66. The molecule has 3 aromatic rings. The monoisotopic (exact) mass is 513 g/mol. The summed E-state index contributed by atoms with van der Waals surface area (Å²) in [6, 6.07) is 6.82. The molecule has 182 valence electrons. The van der Waals surface area contributed by atoms with Gasteiger partial charge in [-0.1, -0.05) is 37.3 Å². The number of halogens is 3. The number of carbonyl (C=O) groups is 1. The lowest BCUT2D eigenvalue weighted by Gasteiger charge is -2.10. The summed E-state index contributed by atoms with van der Waals surface area (Å²) in [5, 5.41) is 12.4. The first-order valence-corrected chi connectivity index (χ1v) is 12.8. The molecule has 0 fully saturated rings. The molecule has 0 aliphatic heterocycles. The smallest absolute Gasteiger partial charge is 0.417 e. The Morgan fingerprint density at radius 2 is 1.85 bits per heavy atom. The number of thiazole rings is 1. The number of alkyl halides is 3. The molecule has 0 unspecified atom stereocenters. The van der Waals surface area contributed by atoms with Crippen LogP contribution in [0.15, 0.2) is 41.4 Å². The van der Waals surface area contributed by atoms with Gasteiger partial charge < -0.3 is 10.4 Å². The molecule has 1 aromatic carbocycles. The van der Waals surface area contributed by atoms with Gasteiger partial charge in [-0.25, -0.2) is 23.2 Å². The van der Waals surface area contributed by atoms with Crippen LogP contribution in [-0.4, -0.2) is 35.7 Å². The van der Waals surface area contributed by atoms with Crippen LogP contribution < -0.4 is 5.32 Å². The van der Waals surface area contributed by atoms with Crippen molar-refractivity contribution in [1.29, 1.82) is 0 Å². The number of aryl methyl sites for hydroxylation is 1. The third-order valence-electron chi connectivity index (χ3n) is 4.87. The Kier molecular flexibility index (Phi) is 7.32. The van der Waals surface area contributed by atoms with Crippen LogP contribution >= 0.6 is 11.3 Å². The van der Waals surface area contributed by atoms with Crippen LogP contribution in [-0.2, 0) is 22.4 Å². The van der Waals surface area contributed by atoms with E-state index in [0.717, 1.165) is 23.1 Å². The summed E-state index contributed by atoms with van der Waals surface area (Å²) in [4.78, 5) is 20.7. The van der Waals surface area contributed by atoms with Crippen molar-refractivity contribution in [2.45, 2.75) is 37.8 Å². The highest BCUT2D eigenvalue weighted by atomic mass is 32.2. The van der Waals surface area contributed by atoms with Gasteiger partial charge in [0.25, 0.3) is 0 Å². The zero-order chi connectivity index (χ0) is 25.3. The Morgan fingerprint density at radius 1 is 1.21 bits per heavy atom. The largest absolute Gasteiger partial charge is 0.478 e. The summed E-state index contributed by atoms with van der Waals surface area (Å²) in [6.07, 6.45) is -1.64. The lowest BCUT2D eigenvalue weighted by atomic mass is 10.0. The van der Waals surface area contributed by atoms with Crippen LogP contribution in [0.3, 0.4) is 0 Å². The molecule has 2 aromatic heterocycles. The van der Waals surface area contributed by atoms with E-state index in [1.165, 1.54) is 23.5 Å². The highest BCUT2D eigenvalue weighted by Crippen LogP contribution is 2.37. The van der Waals surface area contributed by atoms with Crippen LogP contribution in [0.2, 0.25) is 0 Å². The summed E-state index contributed by atoms with van der Waals surface area (Å²) in [5.74, 6) is -1.44. The summed E-state index contributed by atoms with van der Waals surface area (Å²) in [6.45, 7) is 4.11. The second-order valence-corrected chi connectivity index (χ2v) is 11.1. The number of anilines is 2. The van der Waals surface area contributed by atoms with Gasteiger partial charge in [0.15, 0.2) is 15.0 Å². The van der Waals surface area contributed by atoms with Gasteiger partial charge in [-0.15, -0.1) is 0 Å². The van der Waals surface area contributed by atoms with Crippen LogP contribution in [0.25, 0.3) is 10.4 Å². The molecule has 0 saturated heterocycles. The average Bonchev–Trinajstić information content (AvgIpc) is 3.13. The van der Waals surface area contributed by atoms with Gasteiger partial charge in [0.05, 0.1) is 21.0 Å². The second-order valence-electron chi connectivity index (χ2n) is 8.07. The molecule has 0 amide bonds. The normalized spacial score (nSPS) is 12.2. The van der Waals surface area contributed by atoms with Crippen molar-refractivity contribution in [1.82, 2.24) is 9.97 Å². The van der Waals surface area contributed by atoms with Crippen LogP contribution in [0.5, 0.6) is 0 Å². The Labute approximate surface area is 198 Å². The van der Waals surface area contributed by atoms with Crippen molar-refractivity contribution in [3.8, 4) is 10.4 Å². The number of carboxylic acids is 1. The minimum Gasteiger partial charge on any atom is -0.478 e. The summed E-state index contributed by atoms with van der Waals surface area (Å²) < 4.78 is 62.5. The molecule has 0 saturated carbocycles. The van der Waals surface area contributed by atoms with Gasteiger partial charge >= 0.3 is 12.1 Å². The number of benzene rings is 1. The molecule has 12 heteroatoms. The maximum Gasteiger partial charge on any atom is 0.417 e. The van der Waals surface area contributed by atoms with Crippen LogP contribution in [0.1, 0.15) is 41.9 Å². The number of rotatable bonds is 8. The number of nitrogens with zero attached hydrogens (tertiary/aromatic N) is 2. The number of sulfone groups is 1. The maximum absolute atomic E-state index is 13.0. The first-order valence-electron chi connectivity index (χ1n) is 10.1. The van der Waals surface area contributed by atoms with Gasteiger partial charge in [-0.2, -0.15) is 13.2 Å². The number of nitrogens with one attached hydrogen (secondary N) is 1. The number of hydrogen-bond donors (Lipinski definition) is 2. The molecule has 0 aliphatic carbocycles. The van der Waals surface area contributed by atoms with E-state index in [2.05, 4.69) is 29.1 Å². The van der Waals surface area contributed by atoms with Crippen molar-refractivity contribution in [3.63, 3.8) is 0 Å². The first kappa shape index (κ1) is 25.6. The number of carboxylic acid groups (broad SMARTS) is 1. The zero-order valence-electron chi connectivity index (χ0n) is 18.5. The highest BCUT2D eigenvalue weighted by molar-refractivity contribution is 7.90. The average molecular weight is 514 g/mol. The Morgan fingerprint density at radius 3 is 2.38 bits per heavy atom. The minimum atomic E-state index is -4.73. The topological polar surface area (TPSA) is 109 Å². The fraction of sp³-hybridized carbons (Fsp3) is 0.318. The standard InChI is InChI=1S/C22H22F3N3O4S2/c1-12(2)4-9-17-18(13-5-7-15(8-6-13)34(3,31)32)33-21(27-17)28-19-16(20(29)30)10-14(11-26-19)22(23,24)25/h5-8,10-12H,4,9H2,1-3H3,(H,29,30)(H,26,27,28). The van der Waals surface area contributed by atoms with Gasteiger partial charge in [0.1, 0.15) is 11.4 Å². The van der Waals surface area contributed by atoms with E-state index in [0.29, 0.717) is 30.3 Å². The Bertz CT molecular complexity index is 1300. The van der Waals surface area contributed by atoms with E-state index >= 15 is 0 Å². The van der Waals surface area contributed by atoms with Crippen molar-refractivity contribution < 1.29 is 31.5 Å². The zero-order valence-corrected chi connectivity index (χ0v) is 20.1. The van der Waals surface area contributed by atoms with Crippen molar-refractivity contribution in [2.24, 2.45) is 5.92 Å². The molecule has 0 radical (unpaired) electrons. The third-order valence-corrected chi connectivity index (χ3v) is 7.06. The van der Waals surface area contributed by atoms with Gasteiger partial charge in [0, 0.05) is 12.5 Å². The van der Waals surface area contributed by atoms with Gasteiger partial charge in [-0.3, -0.25) is 0 Å². The first-order chi connectivity index (χ1) is 15.8. The molecule has 34 heavy (non-hydrogen) atoms. The second kappa shape index (κ2) is 9.71. The third kappa shape index (κ3) is 6.11. The molecule has 7 nitrogen and oxygen atoms in total. The molecule has 0 spiro atoms. The molecular weight excluding hydrogens is 491 g/mol. The van der Waals surface area contributed by atoms with E-state index in [1.807, 2.05) is 0 Å². The van der Waals surface area contributed by atoms with E-state index < -0.39 is 33.1 Å². The lowest BCUT2D eigenvalue weighted by molar-refractivity contribution is -0.137. The van der Waals surface area contributed by atoms with E-state index in [-0.39, 0.29) is 15.8 Å². The fourth-order valence-electron chi connectivity index (χ4n) is 3.06. The van der Waals surface area contributed by atoms with Crippen LogP contribution in [0, 0.1) is 5.92 Å². The Hall–Kier alpha value is -2.99. The minimum absolute atomic E-state index is 0.169. The van der Waals surface area contributed by atoms with Gasteiger partial charge in [0.2, 0.25) is 0 Å². The molecule has 2 N–H and O–H groups in total. The van der Waals surface area contributed by atoms with E-state index in [9.17, 15) is 31.5 Å². The SMILES string of the molecule is CC(C)CCc1nc(Nc2ncc(C(F)(F)F)cc2C(=O)O)sc1-c1ccc(S(C)(=O)=O)cc1. The van der Waals surface area contributed by atoms with E-state index in [4.69, 9.17) is 0 Å². The molecule has 2 heterocycles. The fourth-order valence-corrected chi connectivity index (χ4v) is 4.71. The molecule has 0 bridgehead atoms. The molecule has 3 rings (SSSR count). The number of aromatic carboxylic acids is 1. The maximum atomic E-state index is 13.0. The Balaban J connectivity index is 2.01. The molecular formula is C22H22F3N3O4S2. The van der Waals surface area contributed by atoms with Crippen molar-refractivity contribution >= 4 is 38.1 Å². The predicted molar refractivity (Wildman–Crippen MR) is 123 cm³/mol. The number of aromatic nitrogens is 2. The highest BCUT2D eigenvalue weighted by Gasteiger charge is 2.32. The lowest BCUT2D eigenvalue weighted by Crippen LogP contribution is -2.11. The van der Waals surface area contributed by atoms with Crippen molar-refractivity contribution in [2.75, 3.05) is 11.6 Å². The number of hydrogen-bond acceptors (Lipinski definition) is 7. The summed E-state index contributed by atoms with van der Waals surface area (Å²) >= 11 is 1.18. The molecule has 0 aliphatic rings. The van der Waals surface area contributed by atoms with Crippen molar-refractivity contribution in [3.05, 3.63) is 53.3 Å². The summed E-state index contributed by atoms with van der Waals surface area (Å²) in [7, 11) is -3.36. The quantitative estimate of drug-likeness (QED) is 0.400. The van der Waals surface area contributed by atoms with Gasteiger partial charge in [-0.05, 0) is 42.5 Å². The molecule has 0 atom stereocenters. The number of pyridine rings is 1. The van der Waals surface area contributed by atoms with E-state index in [1.54, 1.807) is 12.1 Å². The van der Waals surface area contributed by atoms with Crippen LogP contribution in [0.4, 0.5) is 24.1 Å².